The van der Waals surface area contributed by atoms with Gasteiger partial charge in [0.25, 0.3) is 5.69 Å². The summed E-state index contributed by atoms with van der Waals surface area (Å²) < 4.78 is 4.54. The quantitative estimate of drug-likeness (QED) is 0.382. The second-order valence-electron chi connectivity index (χ2n) is 4.23. The van der Waals surface area contributed by atoms with E-state index in [4.69, 9.17) is 5.11 Å². The Labute approximate surface area is 110 Å². The fourth-order valence-corrected chi connectivity index (χ4v) is 1.99. The van der Waals surface area contributed by atoms with E-state index in [9.17, 15) is 14.9 Å². The highest BCUT2D eigenvalue weighted by Gasteiger charge is 2.23. The van der Waals surface area contributed by atoms with Crippen LogP contribution in [0.2, 0.25) is 0 Å². The summed E-state index contributed by atoms with van der Waals surface area (Å²) in [6.45, 7) is 1.90. The first kappa shape index (κ1) is 14.9. The van der Waals surface area contributed by atoms with Gasteiger partial charge in [-0.25, -0.2) is 4.79 Å². The third-order valence-electron chi connectivity index (χ3n) is 2.77. The van der Waals surface area contributed by atoms with Gasteiger partial charge in [-0.2, -0.15) is 0 Å². The van der Waals surface area contributed by atoms with Gasteiger partial charge >= 0.3 is 6.16 Å². The fraction of sp³-hybridized carbons (Fsp3) is 0.417. The van der Waals surface area contributed by atoms with Crippen LogP contribution in [0.3, 0.4) is 0 Å². The van der Waals surface area contributed by atoms with Crippen LogP contribution >= 0.6 is 0 Å². The van der Waals surface area contributed by atoms with Crippen LogP contribution < -0.4 is 4.74 Å². The van der Waals surface area contributed by atoms with Gasteiger partial charge in [0.2, 0.25) is 0 Å². The van der Waals surface area contributed by atoms with Crippen LogP contribution in [0.15, 0.2) is 18.2 Å². The lowest BCUT2D eigenvalue weighted by molar-refractivity contribution is -0.386. The van der Waals surface area contributed by atoms with Crippen molar-refractivity contribution in [2.75, 3.05) is 14.1 Å². The smallest absolute Gasteiger partial charge is 0.449 e. The van der Waals surface area contributed by atoms with Crippen molar-refractivity contribution in [3.63, 3.8) is 0 Å². The number of hydrogen-bond donors (Lipinski definition) is 1. The molecule has 0 spiro atoms. The molecule has 0 saturated heterocycles. The summed E-state index contributed by atoms with van der Waals surface area (Å²) in [5, 5.41) is 19.6. The molecule has 1 unspecified atom stereocenters. The topological polar surface area (TPSA) is 92.9 Å². The Balaban J connectivity index is 3.29. The van der Waals surface area contributed by atoms with E-state index in [1.807, 2.05) is 25.9 Å². The van der Waals surface area contributed by atoms with Gasteiger partial charge in [0.05, 0.1) is 10.5 Å². The van der Waals surface area contributed by atoms with Crippen LogP contribution in [0, 0.1) is 10.1 Å². The van der Waals surface area contributed by atoms with E-state index in [0.29, 0.717) is 12.0 Å². The lowest BCUT2D eigenvalue weighted by Crippen LogP contribution is -2.20. The molecule has 0 radical (unpaired) electrons. The molecule has 7 heteroatoms. The second-order valence-corrected chi connectivity index (χ2v) is 4.23. The summed E-state index contributed by atoms with van der Waals surface area (Å²) in [5.74, 6) is 0.0772. The molecule has 0 fully saturated rings. The van der Waals surface area contributed by atoms with Crippen LogP contribution in [0.25, 0.3) is 0 Å². The van der Waals surface area contributed by atoms with E-state index in [1.165, 1.54) is 18.2 Å². The number of ether oxygens (including phenoxy) is 1. The predicted molar refractivity (Wildman–Crippen MR) is 68.5 cm³/mol. The van der Waals surface area contributed by atoms with E-state index in [1.54, 1.807) is 0 Å². The molecule has 0 amide bonds. The van der Waals surface area contributed by atoms with Crippen molar-refractivity contribution >= 4 is 11.8 Å². The maximum Gasteiger partial charge on any atom is 0.511 e. The maximum absolute atomic E-state index is 11.0. The molecule has 1 aromatic carbocycles. The number of nitrogens with zero attached hydrogens (tertiary/aromatic N) is 2. The molecule has 0 heterocycles. The summed E-state index contributed by atoms with van der Waals surface area (Å²) in [6.07, 6.45) is -0.789. The molecule has 0 bridgehead atoms. The Morgan fingerprint density at radius 3 is 2.58 bits per heavy atom. The molecule has 1 atom stereocenters. The minimum atomic E-state index is -1.45. The average molecular weight is 268 g/mol. The van der Waals surface area contributed by atoms with Crippen LogP contribution in [-0.4, -0.2) is 35.2 Å². The summed E-state index contributed by atoms with van der Waals surface area (Å²) >= 11 is 0. The number of benzene rings is 1. The number of nitro groups is 1. The SMILES string of the molecule is CCC(c1cc(OC(=O)O)ccc1[N+](=O)[O-])N(C)C. The molecule has 0 aliphatic rings. The van der Waals surface area contributed by atoms with Crippen LogP contribution in [0.4, 0.5) is 10.5 Å². The number of carboxylic acid groups (broad SMARTS) is 1. The molecule has 0 saturated carbocycles. The molecule has 1 rings (SSSR count). The number of rotatable bonds is 5. The van der Waals surface area contributed by atoms with Gasteiger partial charge < -0.3 is 14.7 Å². The Hall–Kier alpha value is -2.15. The molecule has 1 aromatic rings. The highest BCUT2D eigenvalue weighted by Crippen LogP contribution is 2.33. The number of hydrogen-bond acceptors (Lipinski definition) is 5. The molecule has 0 aromatic heterocycles. The molecule has 7 nitrogen and oxygen atoms in total. The Morgan fingerprint density at radius 1 is 1.53 bits per heavy atom. The summed E-state index contributed by atoms with van der Waals surface area (Å²) in [5.41, 5.74) is 0.398. The molecular formula is C12H16N2O5. The Morgan fingerprint density at radius 2 is 2.16 bits per heavy atom. The molecule has 1 N–H and O–H groups in total. The van der Waals surface area contributed by atoms with Gasteiger partial charge in [-0.15, -0.1) is 0 Å². The number of nitro benzene ring substituents is 1. The van der Waals surface area contributed by atoms with Crippen molar-refractivity contribution in [2.45, 2.75) is 19.4 Å². The Bertz CT molecular complexity index is 487. The zero-order valence-corrected chi connectivity index (χ0v) is 11.0. The van der Waals surface area contributed by atoms with E-state index in [0.717, 1.165) is 0 Å². The zero-order valence-electron chi connectivity index (χ0n) is 11.0. The summed E-state index contributed by atoms with van der Waals surface area (Å²) in [7, 11) is 3.62. The van der Waals surface area contributed by atoms with Gasteiger partial charge in [-0.1, -0.05) is 6.92 Å². The third kappa shape index (κ3) is 3.65. The fourth-order valence-electron chi connectivity index (χ4n) is 1.99. The highest BCUT2D eigenvalue weighted by molar-refractivity contribution is 5.62. The molecule has 19 heavy (non-hydrogen) atoms. The molecule has 0 aliphatic heterocycles. The van der Waals surface area contributed by atoms with E-state index in [-0.39, 0.29) is 17.5 Å². The predicted octanol–water partition coefficient (Wildman–Crippen LogP) is 2.66. The first-order valence-corrected chi connectivity index (χ1v) is 5.72. The van der Waals surface area contributed by atoms with E-state index >= 15 is 0 Å². The largest absolute Gasteiger partial charge is 0.511 e. The van der Waals surface area contributed by atoms with Gasteiger partial charge in [0.15, 0.2) is 0 Å². The molecule has 104 valence electrons. The van der Waals surface area contributed by atoms with Crippen molar-refractivity contribution in [3.8, 4) is 5.75 Å². The van der Waals surface area contributed by atoms with Crippen molar-refractivity contribution in [1.29, 1.82) is 0 Å². The van der Waals surface area contributed by atoms with Crippen molar-refractivity contribution in [3.05, 3.63) is 33.9 Å². The first-order valence-electron chi connectivity index (χ1n) is 5.72. The zero-order chi connectivity index (χ0) is 14.6. The van der Waals surface area contributed by atoms with Gasteiger partial charge in [0.1, 0.15) is 5.75 Å². The van der Waals surface area contributed by atoms with E-state index < -0.39 is 11.1 Å². The van der Waals surface area contributed by atoms with Gasteiger partial charge in [-0.3, -0.25) is 10.1 Å². The monoisotopic (exact) mass is 268 g/mol. The standard InChI is InChI=1S/C12H16N2O5/c1-4-10(13(2)3)9-7-8(19-12(15)16)5-6-11(9)14(17)18/h5-7,10H,4H2,1-3H3,(H,15,16). The lowest BCUT2D eigenvalue weighted by Gasteiger charge is -2.23. The number of carbonyl (C=O) groups is 1. The normalized spacial score (nSPS) is 12.2. The minimum Gasteiger partial charge on any atom is -0.449 e. The maximum atomic E-state index is 11.0. The minimum absolute atomic E-state index is 0.0433. The summed E-state index contributed by atoms with van der Waals surface area (Å²) in [4.78, 5) is 22.9. The van der Waals surface area contributed by atoms with Crippen molar-refractivity contribution in [1.82, 2.24) is 4.90 Å². The molecular weight excluding hydrogens is 252 g/mol. The third-order valence-corrected chi connectivity index (χ3v) is 2.77. The van der Waals surface area contributed by atoms with E-state index in [2.05, 4.69) is 4.74 Å². The lowest BCUT2D eigenvalue weighted by atomic mass is 10.0. The van der Waals surface area contributed by atoms with Gasteiger partial charge in [-0.05, 0) is 32.6 Å². The summed E-state index contributed by atoms with van der Waals surface area (Å²) in [6, 6.07) is 3.76. The average Bonchev–Trinajstić information content (AvgIpc) is 2.28. The molecule has 0 aliphatic carbocycles. The Kier molecular flexibility index (Phi) is 4.82. The van der Waals surface area contributed by atoms with Crippen LogP contribution in [0.5, 0.6) is 5.75 Å². The van der Waals surface area contributed by atoms with Crippen LogP contribution in [-0.2, 0) is 0 Å². The van der Waals surface area contributed by atoms with Crippen molar-refractivity contribution in [2.24, 2.45) is 0 Å². The van der Waals surface area contributed by atoms with Crippen LogP contribution in [0.1, 0.15) is 24.9 Å². The second kappa shape index (κ2) is 6.14. The highest BCUT2D eigenvalue weighted by atomic mass is 16.7. The van der Waals surface area contributed by atoms with Crippen molar-refractivity contribution < 1.29 is 19.6 Å². The van der Waals surface area contributed by atoms with Gasteiger partial charge in [0, 0.05) is 12.1 Å². The first-order chi connectivity index (χ1) is 8.86.